The highest BCUT2D eigenvalue weighted by Crippen LogP contribution is 2.27. The van der Waals surface area contributed by atoms with Crippen LogP contribution >= 0.6 is 11.6 Å². The van der Waals surface area contributed by atoms with Gasteiger partial charge < -0.3 is 9.88 Å². The Morgan fingerprint density at radius 1 is 1.11 bits per heavy atom. The van der Waals surface area contributed by atoms with E-state index in [1.165, 1.54) is 41.1 Å². The Morgan fingerprint density at radius 2 is 1.86 bits per heavy atom. The Bertz CT molecular complexity index is 1610. The molecule has 3 aromatic carbocycles. The molecule has 36 heavy (non-hydrogen) atoms. The van der Waals surface area contributed by atoms with Crippen LogP contribution in [-0.2, 0) is 6.54 Å². The molecule has 0 bridgehead atoms. The maximum atomic E-state index is 14.7. The van der Waals surface area contributed by atoms with E-state index in [-0.39, 0.29) is 22.8 Å². The van der Waals surface area contributed by atoms with Crippen LogP contribution in [0.15, 0.2) is 72.8 Å². The third-order valence-corrected chi connectivity index (χ3v) is 5.97. The Hall–Kier alpha value is -4.57. The summed E-state index contributed by atoms with van der Waals surface area (Å²) in [5, 5.41) is 18.5. The molecule has 1 amide bonds. The first-order chi connectivity index (χ1) is 17.3. The molecule has 0 saturated heterocycles. The molecule has 0 radical (unpaired) electrons. The zero-order chi connectivity index (χ0) is 25.4. The monoisotopic (exact) mass is 504 g/mol. The maximum absolute atomic E-state index is 14.7. The van der Waals surface area contributed by atoms with Crippen molar-refractivity contribution in [1.29, 1.82) is 0 Å². The standard InChI is InChI=1S/C25H18ClFN6O3/c1-15-13-23(29-24(34)16-9-11-17(12-10-16)33(35)36)32(30-15)25-28-21-7-2-3-8-22(21)31(25)14-18-19(26)5-4-6-20(18)27/h2-13H,14H2,1H3,(H,29,34). The third-order valence-electron chi connectivity index (χ3n) is 5.62. The summed E-state index contributed by atoms with van der Waals surface area (Å²) in [6.07, 6.45) is 0. The fraction of sp³-hybridized carbons (Fsp3) is 0.0800. The van der Waals surface area contributed by atoms with E-state index >= 15 is 0 Å². The predicted octanol–water partition coefficient (Wildman–Crippen LogP) is 5.53. The molecule has 2 aromatic heterocycles. The van der Waals surface area contributed by atoms with Crippen LogP contribution in [0, 0.1) is 22.9 Å². The van der Waals surface area contributed by atoms with E-state index in [1.54, 1.807) is 23.6 Å². The molecule has 0 aliphatic heterocycles. The predicted molar refractivity (Wildman–Crippen MR) is 133 cm³/mol. The Kier molecular flexibility index (Phi) is 5.95. The van der Waals surface area contributed by atoms with Gasteiger partial charge in [-0.2, -0.15) is 9.78 Å². The molecule has 0 spiro atoms. The van der Waals surface area contributed by atoms with Crippen molar-refractivity contribution in [2.45, 2.75) is 13.5 Å². The van der Waals surface area contributed by atoms with Gasteiger partial charge in [0.1, 0.15) is 11.6 Å². The second-order valence-corrected chi connectivity index (χ2v) is 8.43. The van der Waals surface area contributed by atoms with Crippen molar-refractivity contribution in [3.8, 4) is 5.95 Å². The van der Waals surface area contributed by atoms with Crippen LogP contribution < -0.4 is 5.32 Å². The number of aryl methyl sites for hydroxylation is 1. The average molecular weight is 505 g/mol. The van der Waals surface area contributed by atoms with Crippen LogP contribution in [0.5, 0.6) is 0 Å². The van der Waals surface area contributed by atoms with Gasteiger partial charge in [-0.3, -0.25) is 14.9 Å². The van der Waals surface area contributed by atoms with Crippen LogP contribution in [0.2, 0.25) is 5.02 Å². The molecule has 9 nitrogen and oxygen atoms in total. The van der Waals surface area contributed by atoms with Crippen molar-refractivity contribution in [2.75, 3.05) is 5.32 Å². The molecule has 11 heteroatoms. The second kappa shape index (κ2) is 9.23. The van der Waals surface area contributed by atoms with Gasteiger partial charge in [0, 0.05) is 34.3 Å². The molecular weight excluding hydrogens is 487 g/mol. The SMILES string of the molecule is Cc1cc(NC(=O)c2ccc([N+](=O)[O-])cc2)n(-c2nc3ccccc3n2Cc2c(F)cccc2Cl)n1. The lowest BCUT2D eigenvalue weighted by atomic mass is 10.2. The number of amides is 1. The minimum Gasteiger partial charge on any atom is -0.306 e. The highest BCUT2D eigenvalue weighted by atomic mass is 35.5. The summed E-state index contributed by atoms with van der Waals surface area (Å²) in [6.45, 7) is 1.84. The number of halogens is 2. The van der Waals surface area contributed by atoms with Gasteiger partial charge in [0.15, 0.2) is 0 Å². The van der Waals surface area contributed by atoms with Crippen molar-refractivity contribution in [3.05, 3.63) is 111 Å². The summed E-state index contributed by atoms with van der Waals surface area (Å²) in [4.78, 5) is 28.0. The Labute approximate surface area is 208 Å². The van der Waals surface area contributed by atoms with Gasteiger partial charge in [-0.1, -0.05) is 29.8 Å². The van der Waals surface area contributed by atoms with Gasteiger partial charge in [0.05, 0.1) is 28.2 Å². The molecule has 180 valence electrons. The number of rotatable bonds is 6. The maximum Gasteiger partial charge on any atom is 0.269 e. The van der Waals surface area contributed by atoms with Crippen molar-refractivity contribution < 1.29 is 14.1 Å². The van der Waals surface area contributed by atoms with Gasteiger partial charge in [-0.15, -0.1) is 0 Å². The van der Waals surface area contributed by atoms with Gasteiger partial charge in [-0.05, 0) is 43.3 Å². The van der Waals surface area contributed by atoms with E-state index in [2.05, 4.69) is 10.4 Å². The molecule has 0 saturated carbocycles. The number of non-ortho nitro benzene ring substituents is 1. The molecule has 2 heterocycles. The first kappa shape index (κ1) is 23.2. The molecule has 1 N–H and O–H groups in total. The van der Waals surface area contributed by atoms with Crippen LogP contribution in [0.25, 0.3) is 17.0 Å². The molecule has 0 fully saturated rings. The van der Waals surface area contributed by atoms with Gasteiger partial charge >= 0.3 is 0 Å². The summed E-state index contributed by atoms with van der Waals surface area (Å²) in [5.41, 5.74) is 2.40. The van der Waals surface area contributed by atoms with Crippen LogP contribution in [0.1, 0.15) is 21.6 Å². The van der Waals surface area contributed by atoms with Crippen LogP contribution in [0.3, 0.4) is 0 Å². The lowest BCUT2D eigenvalue weighted by molar-refractivity contribution is -0.384. The van der Waals surface area contributed by atoms with Crippen molar-refractivity contribution in [1.82, 2.24) is 19.3 Å². The number of anilines is 1. The zero-order valence-electron chi connectivity index (χ0n) is 18.9. The number of nitro benzene ring substituents is 1. The molecule has 0 aliphatic carbocycles. The number of fused-ring (bicyclic) bond motifs is 1. The lowest BCUT2D eigenvalue weighted by Gasteiger charge is -2.13. The van der Waals surface area contributed by atoms with Crippen molar-refractivity contribution >= 4 is 40.0 Å². The molecular formula is C25H18ClFN6O3. The van der Waals surface area contributed by atoms with Crippen molar-refractivity contribution in [3.63, 3.8) is 0 Å². The fourth-order valence-electron chi connectivity index (χ4n) is 3.89. The first-order valence-electron chi connectivity index (χ1n) is 10.8. The number of hydrogen-bond acceptors (Lipinski definition) is 5. The average Bonchev–Trinajstić information content (AvgIpc) is 3.41. The normalized spacial score (nSPS) is 11.1. The molecule has 0 unspecified atom stereocenters. The van der Waals surface area contributed by atoms with E-state index in [4.69, 9.17) is 16.6 Å². The number of aromatic nitrogens is 4. The summed E-state index contributed by atoms with van der Waals surface area (Å²) < 4.78 is 17.9. The fourth-order valence-corrected chi connectivity index (χ4v) is 4.11. The topological polar surface area (TPSA) is 108 Å². The molecule has 5 aromatic rings. The van der Waals surface area contributed by atoms with Crippen LogP contribution in [0.4, 0.5) is 15.9 Å². The van der Waals surface area contributed by atoms with E-state index in [0.717, 1.165) is 5.52 Å². The largest absolute Gasteiger partial charge is 0.306 e. The number of benzene rings is 3. The van der Waals surface area contributed by atoms with Gasteiger partial charge in [0.25, 0.3) is 11.6 Å². The summed E-state index contributed by atoms with van der Waals surface area (Å²) >= 11 is 6.30. The van der Waals surface area contributed by atoms with E-state index < -0.39 is 16.6 Å². The minimum absolute atomic E-state index is 0.0794. The van der Waals surface area contributed by atoms with E-state index in [9.17, 15) is 19.3 Å². The summed E-state index contributed by atoms with van der Waals surface area (Å²) in [7, 11) is 0. The highest BCUT2D eigenvalue weighted by Gasteiger charge is 2.21. The zero-order valence-corrected chi connectivity index (χ0v) is 19.6. The number of para-hydroxylation sites is 2. The van der Waals surface area contributed by atoms with Gasteiger partial charge in [0.2, 0.25) is 5.95 Å². The molecule has 5 rings (SSSR count). The Balaban J connectivity index is 1.57. The number of imidazole rings is 1. The van der Waals surface area contributed by atoms with Gasteiger partial charge in [-0.25, -0.2) is 9.37 Å². The summed E-state index contributed by atoms with van der Waals surface area (Å²) in [5.74, 6) is -0.255. The first-order valence-corrected chi connectivity index (χ1v) is 11.2. The third kappa shape index (κ3) is 4.29. The lowest BCUT2D eigenvalue weighted by Crippen LogP contribution is -2.17. The number of carbonyl (C=O) groups is 1. The molecule has 0 aliphatic rings. The smallest absolute Gasteiger partial charge is 0.269 e. The van der Waals surface area contributed by atoms with Crippen molar-refractivity contribution in [2.24, 2.45) is 0 Å². The quantitative estimate of drug-likeness (QED) is 0.241. The minimum atomic E-state index is -0.535. The number of hydrogen-bond donors (Lipinski definition) is 1. The second-order valence-electron chi connectivity index (χ2n) is 8.03. The number of carbonyl (C=O) groups excluding carboxylic acids is 1. The van der Waals surface area contributed by atoms with E-state index in [0.29, 0.717) is 28.5 Å². The Morgan fingerprint density at radius 3 is 2.58 bits per heavy atom. The number of nitrogens with zero attached hydrogens (tertiary/aromatic N) is 5. The van der Waals surface area contributed by atoms with E-state index in [1.807, 2.05) is 24.3 Å². The summed E-state index contributed by atoms with van der Waals surface area (Å²) in [6, 6.07) is 18.8. The molecule has 0 atom stereocenters. The number of nitrogens with one attached hydrogen (secondary N) is 1. The highest BCUT2D eigenvalue weighted by molar-refractivity contribution is 6.31. The van der Waals surface area contributed by atoms with Crippen LogP contribution in [-0.4, -0.2) is 30.2 Å². The number of nitro groups is 1.